The van der Waals surface area contributed by atoms with Crippen molar-refractivity contribution < 1.29 is 9.21 Å². The zero-order valence-electron chi connectivity index (χ0n) is 18.2. The molecule has 0 bridgehead atoms. The van der Waals surface area contributed by atoms with E-state index in [4.69, 9.17) is 4.42 Å². The predicted molar refractivity (Wildman–Crippen MR) is 124 cm³/mol. The average molecular weight is 444 g/mol. The number of benzene rings is 1. The number of nitrogens with one attached hydrogen (secondary N) is 2. The molecule has 168 valence electrons. The summed E-state index contributed by atoms with van der Waals surface area (Å²) in [6, 6.07) is 15.4. The molecular formula is C25H25N5O3. The van der Waals surface area contributed by atoms with Gasteiger partial charge in [0.25, 0.3) is 5.56 Å². The van der Waals surface area contributed by atoms with Gasteiger partial charge in [-0.05, 0) is 56.2 Å². The van der Waals surface area contributed by atoms with Gasteiger partial charge in [0, 0.05) is 18.1 Å². The van der Waals surface area contributed by atoms with Gasteiger partial charge in [-0.2, -0.15) is 9.78 Å². The monoisotopic (exact) mass is 443 g/mol. The van der Waals surface area contributed by atoms with Gasteiger partial charge < -0.3 is 9.73 Å². The maximum atomic E-state index is 12.7. The van der Waals surface area contributed by atoms with Gasteiger partial charge in [-0.3, -0.25) is 14.6 Å². The molecule has 8 nitrogen and oxygen atoms in total. The van der Waals surface area contributed by atoms with Crippen LogP contribution in [0.5, 0.6) is 0 Å². The second kappa shape index (κ2) is 9.28. The molecule has 0 saturated heterocycles. The summed E-state index contributed by atoms with van der Waals surface area (Å²) in [6.45, 7) is 0. The second-order valence-corrected chi connectivity index (χ2v) is 8.21. The van der Waals surface area contributed by atoms with Crippen LogP contribution < -0.4 is 10.9 Å². The van der Waals surface area contributed by atoms with E-state index >= 15 is 0 Å². The van der Waals surface area contributed by atoms with Gasteiger partial charge in [-0.25, -0.2) is 4.98 Å². The lowest BCUT2D eigenvalue weighted by Crippen LogP contribution is -2.24. The normalized spacial score (nSPS) is 13.0. The van der Waals surface area contributed by atoms with Crippen molar-refractivity contribution in [3.63, 3.8) is 0 Å². The zero-order valence-corrected chi connectivity index (χ0v) is 18.2. The van der Waals surface area contributed by atoms with E-state index in [1.807, 2.05) is 18.2 Å². The number of carbonyl (C=O) groups excluding carboxylic acids is 1. The van der Waals surface area contributed by atoms with E-state index in [9.17, 15) is 9.59 Å². The summed E-state index contributed by atoms with van der Waals surface area (Å²) in [7, 11) is 0. The lowest BCUT2D eigenvalue weighted by atomic mass is 9.97. The molecule has 1 aromatic carbocycles. The number of anilines is 1. The minimum atomic E-state index is -0.148. The van der Waals surface area contributed by atoms with Crippen molar-refractivity contribution in [3.8, 4) is 17.4 Å². The summed E-state index contributed by atoms with van der Waals surface area (Å²) in [5.74, 6) is 1.16. The lowest BCUT2D eigenvalue weighted by Gasteiger charge is -2.15. The van der Waals surface area contributed by atoms with E-state index in [0.717, 1.165) is 49.8 Å². The molecule has 8 heteroatoms. The number of amides is 1. The molecule has 3 heterocycles. The summed E-state index contributed by atoms with van der Waals surface area (Å²) in [6.07, 6.45) is 6.98. The number of aromatic amines is 1. The highest BCUT2D eigenvalue weighted by Crippen LogP contribution is 2.25. The van der Waals surface area contributed by atoms with Gasteiger partial charge in [0.15, 0.2) is 5.76 Å². The Morgan fingerprint density at radius 1 is 1.12 bits per heavy atom. The molecule has 1 aliphatic carbocycles. The van der Waals surface area contributed by atoms with E-state index in [1.54, 1.807) is 24.5 Å². The van der Waals surface area contributed by atoms with Gasteiger partial charge in [-0.1, -0.05) is 30.3 Å². The minimum absolute atomic E-state index is 0.126. The smallest absolute Gasteiger partial charge is 0.255 e. The van der Waals surface area contributed by atoms with Crippen LogP contribution in [-0.4, -0.2) is 25.7 Å². The Morgan fingerprint density at radius 3 is 2.79 bits per heavy atom. The summed E-state index contributed by atoms with van der Waals surface area (Å²) in [5.41, 5.74) is 3.14. The first-order valence-corrected chi connectivity index (χ1v) is 11.3. The Bertz CT molecular complexity index is 1310. The van der Waals surface area contributed by atoms with Gasteiger partial charge in [-0.15, -0.1) is 0 Å². The van der Waals surface area contributed by atoms with Gasteiger partial charge in [0.05, 0.1) is 12.0 Å². The van der Waals surface area contributed by atoms with Crippen LogP contribution in [-0.2, 0) is 24.1 Å². The number of fused-ring (bicyclic) bond motifs is 1. The van der Waals surface area contributed by atoms with Crippen molar-refractivity contribution in [2.75, 3.05) is 5.32 Å². The predicted octanol–water partition coefficient (Wildman–Crippen LogP) is 4.06. The topological polar surface area (TPSA) is 106 Å². The minimum Gasteiger partial charge on any atom is -0.463 e. The fourth-order valence-electron chi connectivity index (χ4n) is 4.17. The highest BCUT2D eigenvalue weighted by atomic mass is 16.3. The lowest BCUT2D eigenvalue weighted by molar-refractivity contribution is -0.116. The van der Waals surface area contributed by atoms with Crippen LogP contribution in [0.2, 0.25) is 0 Å². The Kier molecular flexibility index (Phi) is 5.89. The summed E-state index contributed by atoms with van der Waals surface area (Å²) >= 11 is 0. The Hall–Kier alpha value is -3.94. The third-order valence-electron chi connectivity index (χ3n) is 5.84. The summed E-state index contributed by atoms with van der Waals surface area (Å²) in [4.78, 5) is 32.9. The van der Waals surface area contributed by atoms with Gasteiger partial charge in [0.1, 0.15) is 11.5 Å². The van der Waals surface area contributed by atoms with E-state index in [-0.39, 0.29) is 17.4 Å². The standard InChI is InChI=1S/C25H25N5O3/c31-23(14-6-10-17-8-2-1-3-9-17)27-22-16-20(21-13-7-15-33-21)29-30(22)25-26-19-12-5-4-11-18(19)24(32)28-25/h1-3,7-9,13,15-16H,4-6,10-12,14H2,(H,27,31)(H,26,28,32). The van der Waals surface area contributed by atoms with Crippen LogP contribution in [0.15, 0.2) is 64.0 Å². The Morgan fingerprint density at radius 2 is 1.97 bits per heavy atom. The first kappa shape index (κ1) is 20.9. The molecule has 33 heavy (non-hydrogen) atoms. The van der Waals surface area contributed by atoms with Crippen molar-refractivity contribution in [1.82, 2.24) is 19.7 Å². The average Bonchev–Trinajstić information content (AvgIpc) is 3.50. The molecule has 1 aliphatic rings. The van der Waals surface area contributed by atoms with Crippen molar-refractivity contribution in [2.24, 2.45) is 0 Å². The van der Waals surface area contributed by atoms with Crippen LogP contribution in [0.1, 0.15) is 42.5 Å². The fraction of sp³-hybridized carbons (Fsp3) is 0.280. The largest absolute Gasteiger partial charge is 0.463 e. The molecule has 0 saturated carbocycles. The molecule has 0 fully saturated rings. The number of hydrogen-bond donors (Lipinski definition) is 2. The molecule has 1 amide bonds. The van der Waals surface area contributed by atoms with Gasteiger partial charge >= 0.3 is 0 Å². The highest BCUT2D eigenvalue weighted by Gasteiger charge is 2.20. The first-order chi connectivity index (χ1) is 16.2. The zero-order chi connectivity index (χ0) is 22.6. The van der Waals surface area contributed by atoms with E-state index < -0.39 is 0 Å². The van der Waals surface area contributed by atoms with Crippen molar-refractivity contribution >= 4 is 11.7 Å². The second-order valence-electron chi connectivity index (χ2n) is 8.21. The summed E-state index contributed by atoms with van der Waals surface area (Å²) in [5, 5.41) is 7.50. The number of carbonyl (C=O) groups is 1. The number of aromatic nitrogens is 4. The third-order valence-corrected chi connectivity index (χ3v) is 5.84. The number of hydrogen-bond acceptors (Lipinski definition) is 5. The fourth-order valence-corrected chi connectivity index (χ4v) is 4.17. The molecule has 3 aromatic heterocycles. The Balaban J connectivity index is 1.40. The molecular weight excluding hydrogens is 418 g/mol. The molecule has 0 unspecified atom stereocenters. The van der Waals surface area contributed by atoms with E-state index in [0.29, 0.717) is 23.7 Å². The van der Waals surface area contributed by atoms with Crippen LogP contribution in [0.3, 0.4) is 0 Å². The highest BCUT2D eigenvalue weighted by molar-refractivity contribution is 5.90. The SMILES string of the molecule is O=C(CCCc1ccccc1)Nc1cc(-c2ccco2)nn1-c1nc2c(c(=O)[nH]1)CCCC2. The number of nitrogens with zero attached hydrogens (tertiary/aromatic N) is 3. The van der Waals surface area contributed by atoms with Crippen LogP contribution >= 0.6 is 0 Å². The maximum Gasteiger partial charge on any atom is 0.255 e. The van der Waals surface area contributed by atoms with Crippen molar-refractivity contribution in [2.45, 2.75) is 44.9 Å². The van der Waals surface area contributed by atoms with Gasteiger partial charge in [0.2, 0.25) is 11.9 Å². The van der Waals surface area contributed by atoms with Crippen LogP contribution in [0.4, 0.5) is 5.82 Å². The third kappa shape index (κ3) is 4.64. The molecule has 0 aliphatic heterocycles. The quantitative estimate of drug-likeness (QED) is 0.448. The number of rotatable bonds is 7. The molecule has 0 radical (unpaired) electrons. The summed E-state index contributed by atoms with van der Waals surface area (Å²) < 4.78 is 6.95. The van der Waals surface area contributed by atoms with Crippen molar-refractivity contribution in [1.29, 1.82) is 0 Å². The van der Waals surface area contributed by atoms with E-state index in [2.05, 4.69) is 32.5 Å². The van der Waals surface area contributed by atoms with Crippen LogP contribution in [0, 0.1) is 0 Å². The van der Waals surface area contributed by atoms with E-state index in [1.165, 1.54) is 10.2 Å². The molecule has 2 N–H and O–H groups in total. The molecule has 0 atom stereocenters. The maximum absolute atomic E-state index is 12.7. The molecule has 0 spiro atoms. The first-order valence-electron chi connectivity index (χ1n) is 11.3. The number of furan rings is 1. The Labute approximate surface area is 190 Å². The number of aryl methyl sites for hydroxylation is 2. The molecule has 4 aromatic rings. The van der Waals surface area contributed by atoms with Crippen molar-refractivity contribution in [3.05, 3.63) is 82.0 Å². The van der Waals surface area contributed by atoms with Crippen LogP contribution in [0.25, 0.3) is 17.4 Å². The number of H-pyrrole nitrogens is 1. The molecule has 5 rings (SSSR count).